The molecule has 0 aliphatic heterocycles. The maximum absolute atomic E-state index is 14.2. The van der Waals surface area contributed by atoms with Crippen molar-refractivity contribution in [2.24, 2.45) is 7.05 Å². The third-order valence-corrected chi connectivity index (χ3v) is 3.91. The smallest absolute Gasteiger partial charge is 0.388 e. The summed E-state index contributed by atoms with van der Waals surface area (Å²) in [6.07, 6.45) is 1.00. The fourth-order valence-electron chi connectivity index (χ4n) is 1.92. The van der Waals surface area contributed by atoms with Crippen LogP contribution in [0.2, 0.25) is 10.0 Å². The molecule has 134 valence electrons. The van der Waals surface area contributed by atoms with Crippen LogP contribution in [-0.2, 0) is 11.8 Å². The van der Waals surface area contributed by atoms with Gasteiger partial charge in [0.15, 0.2) is 0 Å². The van der Waals surface area contributed by atoms with Gasteiger partial charge in [-0.2, -0.15) is 13.9 Å². The highest BCUT2D eigenvalue weighted by Crippen LogP contribution is 2.38. The molecule has 2 rings (SSSR count). The molecule has 1 aromatic carbocycles. The predicted octanol–water partition coefficient (Wildman–Crippen LogP) is 4.80. The van der Waals surface area contributed by atoms with Gasteiger partial charge in [0.25, 0.3) is 0 Å². The van der Waals surface area contributed by atoms with Crippen molar-refractivity contribution in [3.63, 3.8) is 0 Å². The van der Waals surface area contributed by atoms with Gasteiger partial charge < -0.3 is 9.84 Å². The Bertz CT molecular complexity index is 869. The number of rotatable bonds is 5. The lowest BCUT2D eigenvalue weighted by Gasteiger charge is -2.06. The van der Waals surface area contributed by atoms with Crippen molar-refractivity contribution in [2.75, 3.05) is 0 Å². The second-order valence-corrected chi connectivity index (χ2v) is 5.81. The van der Waals surface area contributed by atoms with Gasteiger partial charge in [0, 0.05) is 12.6 Å². The number of carboxylic acids is 1. The summed E-state index contributed by atoms with van der Waals surface area (Å²) in [7, 11) is 1.28. The first-order chi connectivity index (χ1) is 11.6. The van der Waals surface area contributed by atoms with E-state index in [0.717, 1.165) is 22.9 Å². The van der Waals surface area contributed by atoms with Gasteiger partial charge in [0.2, 0.25) is 5.88 Å². The number of aryl methyl sites for hydroxylation is 1. The second-order valence-electron chi connectivity index (χ2n) is 4.62. The Labute approximate surface area is 154 Å². The van der Waals surface area contributed by atoms with Gasteiger partial charge >= 0.3 is 12.6 Å². The number of benzene rings is 1. The molecular formula is C14H8Cl3F3N2O3. The van der Waals surface area contributed by atoms with Crippen LogP contribution >= 0.6 is 34.8 Å². The molecule has 1 N–H and O–H groups in total. The number of halogens is 6. The molecule has 11 heteroatoms. The number of ether oxygens (including phenoxy) is 1. The number of hydrogen-bond acceptors (Lipinski definition) is 3. The minimum Gasteiger partial charge on any atom is -0.477 e. The first kappa shape index (κ1) is 19.4. The van der Waals surface area contributed by atoms with E-state index in [1.54, 1.807) is 0 Å². The molecule has 0 atom stereocenters. The lowest BCUT2D eigenvalue weighted by molar-refractivity contribution is -0.131. The highest BCUT2D eigenvalue weighted by Gasteiger charge is 2.23. The summed E-state index contributed by atoms with van der Waals surface area (Å²) >= 11 is 17.4. The average molecular weight is 416 g/mol. The predicted molar refractivity (Wildman–Crippen MR) is 86.7 cm³/mol. The van der Waals surface area contributed by atoms with Gasteiger partial charge in [-0.05, 0) is 23.8 Å². The van der Waals surface area contributed by atoms with Crippen LogP contribution in [0.1, 0.15) is 5.56 Å². The van der Waals surface area contributed by atoms with Crippen molar-refractivity contribution in [3.05, 3.63) is 38.6 Å². The van der Waals surface area contributed by atoms with E-state index in [1.807, 2.05) is 0 Å². The lowest BCUT2D eigenvalue weighted by atomic mass is 10.1. The fourth-order valence-corrected chi connectivity index (χ4v) is 2.55. The molecule has 25 heavy (non-hydrogen) atoms. The average Bonchev–Trinajstić information content (AvgIpc) is 2.77. The summed E-state index contributed by atoms with van der Waals surface area (Å²) in [5.74, 6) is -2.72. The number of aromatic nitrogens is 2. The van der Waals surface area contributed by atoms with E-state index in [9.17, 15) is 18.0 Å². The van der Waals surface area contributed by atoms with Gasteiger partial charge in [-0.3, -0.25) is 0 Å². The Balaban J connectivity index is 2.61. The van der Waals surface area contributed by atoms with Gasteiger partial charge in [0.1, 0.15) is 21.6 Å². The Hall–Kier alpha value is -1.90. The zero-order chi connectivity index (χ0) is 18.9. The van der Waals surface area contributed by atoms with Crippen molar-refractivity contribution < 1.29 is 27.8 Å². The number of nitrogens with zero attached hydrogens (tertiary/aromatic N) is 2. The zero-order valence-electron chi connectivity index (χ0n) is 12.2. The molecule has 2 aromatic rings. The van der Waals surface area contributed by atoms with E-state index in [2.05, 4.69) is 9.84 Å². The molecule has 0 amide bonds. The SMILES string of the molecule is Cn1nc(-c2cc(/C=C(\Cl)C(=O)O)c(Cl)cc2F)c(Cl)c1OC(F)F. The lowest BCUT2D eigenvalue weighted by Crippen LogP contribution is -2.06. The normalized spacial score (nSPS) is 11.9. The molecule has 0 aliphatic carbocycles. The van der Waals surface area contributed by atoms with E-state index >= 15 is 0 Å². The largest absolute Gasteiger partial charge is 0.477 e. The van der Waals surface area contributed by atoms with Gasteiger partial charge in [-0.1, -0.05) is 34.8 Å². The van der Waals surface area contributed by atoms with E-state index in [1.165, 1.54) is 7.05 Å². The number of alkyl halides is 2. The van der Waals surface area contributed by atoms with Crippen LogP contribution in [0.25, 0.3) is 17.3 Å². The van der Waals surface area contributed by atoms with E-state index in [0.29, 0.717) is 0 Å². The van der Waals surface area contributed by atoms with Crippen molar-refractivity contribution in [1.29, 1.82) is 0 Å². The first-order valence-corrected chi connectivity index (χ1v) is 7.52. The maximum Gasteiger partial charge on any atom is 0.388 e. The van der Waals surface area contributed by atoms with Gasteiger partial charge in [0.05, 0.1) is 5.02 Å². The minimum absolute atomic E-state index is 0.0727. The summed E-state index contributed by atoms with van der Waals surface area (Å²) in [6.45, 7) is -3.15. The van der Waals surface area contributed by atoms with E-state index in [-0.39, 0.29) is 26.9 Å². The third-order valence-electron chi connectivity index (χ3n) is 2.97. The van der Waals surface area contributed by atoms with E-state index < -0.39 is 29.3 Å². The topological polar surface area (TPSA) is 64.4 Å². The molecule has 0 aliphatic rings. The Morgan fingerprint density at radius 1 is 1.40 bits per heavy atom. The van der Waals surface area contributed by atoms with Crippen molar-refractivity contribution >= 4 is 46.8 Å². The van der Waals surface area contributed by atoms with Crippen molar-refractivity contribution in [1.82, 2.24) is 9.78 Å². The molecule has 1 aromatic heterocycles. The number of carboxylic acid groups (broad SMARTS) is 1. The first-order valence-electron chi connectivity index (χ1n) is 6.39. The molecule has 0 fully saturated rings. The number of aliphatic carboxylic acids is 1. The van der Waals surface area contributed by atoms with E-state index in [4.69, 9.17) is 39.9 Å². The Morgan fingerprint density at radius 2 is 2.04 bits per heavy atom. The summed E-state index contributed by atoms with van der Waals surface area (Å²) in [6, 6.07) is 2.04. The number of carbonyl (C=O) groups is 1. The quantitative estimate of drug-likeness (QED) is 0.713. The fraction of sp³-hybridized carbons (Fsp3) is 0.143. The molecular weight excluding hydrogens is 408 g/mol. The van der Waals surface area contributed by atoms with Crippen LogP contribution in [0.15, 0.2) is 17.2 Å². The maximum atomic E-state index is 14.2. The highest BCUT2D eigenvalue weighted by atomic mass is 35.5. The molecule has 0 radical (unpaired) electrons. The molecule has 1 heterocycles. The molecule has 0 unspecified atom stereocenters. The zero-order valence-corrected chi connectivity index (χ0v) is 14.5. The molecule has 0 saturated carbocycles. The molecule has 0 bridgehead atoms. The van der Waals surface area contributed by atoms with Crippen molar-refractivity contribution in [2.45, 2.75) is 6.61 Å². The summed E-state index contributed by atoms with van der Waals surface area (Å²) < 4.78 is 44.2. The van der Waals surface area contributed by atoms with Crippen LogP contribution in [-0.4, -0.2) is 27.5 Å². The molecule has 0 spiro atoms. The second kappa shape index (κ2) is 7.55. The van der Waals surface area contributed by atoms with Crippen LogP contribution in [0.4, 0.5) is 13.2 Å². The minimum atomic E-state index is -3.15. The standard InChI is InChI=1S/C14H8Cl3F3N2O3/c1-22-12(25-14(19)20)10(17)11(21-22)6-2-5(3-8(16)13(23)24)7(15)4-9(6)18/h2-4,14H,1H3,(H,23,24)/b8-3-. The number of hydrogen-bond donors (Lipinski definition) is 1. The highest BCUT2D eigenvalue weighted by molar-refractivity contribution is 6.43. The van der Waals surface area contributed by atoms with Crippen LogP contribution in [0, 0.1) is 5.82 Å². The third kappa shape index (κ3) is 4.20. The van der Waals surface area contributed by atoms with Gasteiger partial charge in [-0.15, -0.1) is 0 Å². The monoisotopic (exact) mass is 414 g/mol. The summed E-state index contributed by atoms with van der Waals surface area (Å²) in [5.41, 5.74) is -0.311. The Kier molecular flexibility index (Phi) is 5.87. The summed E-state index contributed by atoms with van der Waals surface area (Å²) in [4.78, 5) is 10.8. The summed E-state index contributed by atoms with van der Waals surface area (Å²) in [5, 5.41) is 11.6. The van der Waals surface area contributed by atoms with Crippen molar-refractivity contribution in [3.8, 4) is 17.1 Å². The Morgan fingerprint density at radius 3 is 2.60 bits per heavy atom. The van der Waals surface area contributed by atoms with Crippen LogP contribution in [0.5, 0.6) is 5.88 Å². The molecule has 0 saturated heterocycles. The van der Waals surface area contributed by atoms with Crippen LogP contribution < -0.4 is 4.74 Å². The van der Waals surface area contributed by atoms with Crippen LogP contribution in [0.3, 0.4) is 0 Å². The molecule has 5 nitrogen and oxygen atoms in total. The van der Waals surface area contributed by atoms with Gasteiger partial charge in [-0.25, -0.2) is 13.9 Å².